The minimum atomic E-state index is -0.658. The average Bonchev–Trinajstić information content (AvgIpc) is 3.20. The highest BCUT2D eigenvalue weighted by Gasteiger charge is 2.28. The van der Waals surface area contributed by atoms with Crippen molar-refractivity contribution in [3.63, 3.8) is 0 Å². The fourth-order valence-electron chi connectivity index (χ4n) is 3.71. The summed E-state index contributed by atoms with van der Waals surface area (Å²) in [6, 6.07) is 4.20. The van der Waals surface area contributed by atoms with Crippen molar-refractivity contribution in [3.8, 4) is 11.1 Å². The predicted molar refractivity (Wildman–Crippen MR) is 89.7 cm³/mol. The molecule has 1 aliphatic rings. The van der Waals surface area contributed by atoms with Crippen LogP contribution in [0.5, 0.6) is 0 Å². The molecule has 0 saturated heterocycles. The number of carboxylic acids is 1. The Balaban J connectivity index is 1.61. The van der Waals surface area contributed by atoms with Crippen LogP contribution in [0.4, 0.5) is 0 Å². The number of aromatic nitrogens is 4. The summed E-state index contributed by atoms with van der Waals surface area (Å²) < 4.78 is 3.70. The molecule has 1 fully saturated rings. The summed E-state index contributed by atoms with van der Waals surface area (Å²) in [5.74, 6) is -0.433. The van der Waals surface area contributed by atoms with Gasteiger partial charge in [0, 0.05) is 36.1 Å². The van der Waals surface area contributed by atoms with E-state index in [1.54, 1.807) is 4.68 Å². The number of rotatable bonds is 3. The molecule has 1 aliphatic carbocycles. The first kappa shape index (κ1) is 14.9. The van der Waals surface area contributed by atoms with E-state index in [4.69, 9.17) is 5.11 Å². The molecule has 0 unspecified atom stereocenters. The van der Waals surface area contributed by atoms with Crippen LogP contribution < -0.4 is 0 Å². The van der Waals surface area contributed by atoms with Crippen LogP contribution in [0.2, 0.25) is 0 Å². The van der Waals surface area contributed by atoms with Gasteiger partial charge in [0.05, 0.1) is 23.8 Å². The van der Waals surface area contributed by atoms with E-state index in [9.17, 15) is 4.79 Å². The van der Waals surface area contributed by atoms with E-state index in [1.807, 2.05) is 36.4 Å². The van der Waals surface area contributed by atoms with Crippen LogP contribution in [0.3, 0.4) is 0 Å². The van der Waals surface area contributed by atoms with Gasteiger partial charge >= 0.3 is 5.97 Å². The molecule has 3 aromatic heterocycles. The average molecular weight is 324 g/mol. The lowest BCUT2D eigenvalue weighted by Crippen LogP contribution is -2.20. The third kappa shape index (κ3) is 2.58. The number of pyridine rings is 1. The van der Waals surface area contributed by atoms with Crippen LogP contribution in [-0.2, 0) is 11.8 Å². The molecule has 124 valence electrons. The SMILES string of the molecule is Cn1cc(-c2ccc3c(C4CCC(C(=O)O)CC4)cnn3c2)cn1. The number of hydrogen-bond acceptors (Lipinski definition) is 3. The molecule has 6 heteroatoms. The number of carboxylic acid groups (broad SMARTS) is 1. The number of nitrogens with zero attached hydrogens (tertiary/aromatic N) is 4. The second-order valence-electron chi connectivity index (χ2n) is 6.64. The molecular formula is C18H20N4O2. The maximum absolute atomic E-state index is 11.1. The van der Waals surface area contributed by atoms with Crippen LogP contribution >= 0.6 is 0 Å². The van der Waals surface area contributed by atoms with Crippen molar-refractivity contribution in [2.75, 3.05) is 0 Å². The summed E-state index contributed by atoms with van der Waals surface area (Å²) in [6.07, 6.45) is 11.1. The number of hydrogen-bond donors (Lipinski definition) is 1. The molecule has 0 spiro atoms. The molecule has 0 radical (unpaired) electrons. The molecular weight excluding hydrogens is 304 g/mol. The Morgan fingerprint density at radius 3 is 2.54 bits per heavy atom. The molecule has 0 bridgehead atoms. The van der Waals surface area contributed by atoms with E-state index in [2.05, 4.69) is 22.3 Å². The largest absolute Gasteiger partial charge is 0.481 e. The first-order chi connectivity index (χ1) is 11.6. The van der Waals surface area contributed by atoms with Crippen molar-refractivity contribution in [1.82, 2.24) is 19.4 Å². The molecule has 3 aromatic rings. The molecule has 1 N–H and O–H groups in total. The van der Waals surface area contributed by atoms with Crippen molar-refractivity contribution in [1.29, 1.82) is 0 Å². The highest BCUT2D eigenvalue weighted by Crippen LogP contribution is 2.37. The summed E-state index contributed by atoms with van der Waals surface area (Å²) in [4.78, 5) is 11.1. The van der Waals surface area contributed by atoms with E-state index in [0.717, 1.165) is 42.3 Å². The lowest BCUT2D eigenvalue weighted by molar-refractivity contribution is -0.142. The standard InChI is InChI=1S/C18H20N4O2/c1-21-10-15(8-19-21)14-6-7-17-16(9-20-22(17)11-14)12-2-4-13(5-3-12)18(23)24/h6-13H,2-5H2,1H3,(H,23,24). The molecule has 0 aliphatic heterocycles. The van der Waals surface area contributed by atoms with Gasteiger partial charge in [0.1, 0.15) is 0 Å². The van der Waals surface area contributed by atoms with Crippen molar-refractivity contribution in [2.45, 2.75) is 31.6 Å². The first-order valence-corrected chi connectivity index (χ1v) is 8.31. The Bertz CT molecular complexity index is 887. The molecule has 3 heterocycles. The quantitative estimate of drug-likeness (QED) is 0.803. The lowest BCUT2D eigenvalue weighted by Gasteiger charge is -2.25. The van der Waals surface area contributed by atoms with Gasteiger partial charge in [-0.25, -0.2) is 4.52 Å². The van der Waals surface area contributed by atoms with Crippen LogP contribution in [0.15, 0.2) is 36.9 Å². The minimum absolute atomic E-state index is 0.180. The van der Waals surface area contributed by atoms with Gasteiger partial charge < -0.3 is 5.11 Å². The first-order valence-electron chi connectivity index (χ1n) is 8.31. The van der Waals surface area contributed by atoms with E-state index in [-0.39, 0.29) is 5.92 Å². The van der Waals surface area contributed by atoms with Gasteiger partial charge in [-0.05, 0) is 37.7 Å². The Morgan fingerprint density at radius 1 is 1.08 bits per heavy atom. The summed E-state index contributed by atoms with van der Waals surface area (Å²) >= 11 is 0. The van der Waals surface area contributed by atoms with Gasteiger partial charge in [-0.1, -0.05) is 6.07 Å². The van der Waals surface area contributed by atoms with Crippen molar-refractivity contribution in [2.24, 2.45) is 13.0 Å². The molecule has 24 heavy (non-hydrogen) atoms. The third-order valence-electron chi connectivity index (χ3n) is 5.10. The van der Waals surface area contributed by atoms with Gasteiger partial charge in [-0.3, -0.25) is 9.48 Å². The zero-order valence-electron chi connectivity index (χ0n) is 13.6. The third-order valence-corrected chi connectivity index (χ3v) is 5.10. The molecule has 4 rings (SSSR count). The van der Waals surface area contributed by atoms with Gasteiger partial charge in [-0.15, -0.1) is 0 Å². The lowest BCUT2D eigenvalue weighted by atomic mass is 9.79. The molecule has 0 amide bonds. The Hall–Kier alpha value is -2.63. The Kier molecular flexibility index (Phi) is 3.59. The van der Waals surface area contributed by atoms with Crippen LogP contribution in [-0.4, -0.2) is 30.5 Å². The molecule has 1 saturated carbocycles. The number of fused-ring (bicyclic) bond motifs is 1. The van der Waals surface area contributed by atoms with Gasteiger partial charge in [0.25, 0.3) is 0 Å². The zero-order valence-corrected chi connectivity index (χ0v) is 13.6. The second-order valence-corrected chi connectivity index (χ2v) is 6.64. The van der Waals surface area contributed by atoms with Crippen LogP contribution in [0.25, 0.3) is 16.6 Å². The Morgan fingerprint density at radius 2 is 1.88 bits per heavy atom. The van der Waals surface area contributed by atoms with Gasteiger partial charge in [0.15, 0.2) is 0 Å². The fraction of sp³-hybridized carbons (Fsp3) is 0.389. The number of aryl methyl sites for hydroxylation is 1. The summed E-state index contributed by atoms with van der Waals surface area (Å²) in [7, 11) is 1.90. The highest BCUT2D eigenvalue weighted by molar-refractivity contribution is 5.70. The summed E-state index contributed by atoms with van der Waals surface area (Å²) in [5.41, 5.74) is 4.50. The maximum atomic E-state index is 11.1. The minimum Gasteiger partial charge on any atom is -0.481 e. The molecule has 6 nitrogen and oxygen atoms in total. The fourth-order valence-corrected chi connectivity index (χ4v) is 3.71. The smallest absolute Gasteiger partial charge is 0.306 e. The summed E-state index contributed by atoms with van der Waals surface area (Å²) in [5, 5.41) is 17.9. The normalized spacial score (nSPS) is 21.2. The van der Waals surface area contributed by atoms with Crippen molar-refractivity contribution in [3.05, 3.63) is 42.5 Å². The topological polar surface area (TPSA) is 72.4 Å². The van der Waals surface area contributed by atoms with Gasteiger partial charge in [-0.2, -0.15) is 10.2 Å². The number of carbonyl (C=O) groups is 1. The van der Waals surface area contributed by atoms with Gasteiger partial charge in [0.2, 0.25) is 0 Å². The molecule has 0 atom stereocenters. The van der Waals surface area contributed by atoms with E-state index in [0.29, 0.717) is 5.92 Å². The molecule has 0 aromatic carbocycles. The van der Waals surface area contributed by atoms with Crippen molar-refractivity contribution >= 4 is 11.5 Å². The highest BCUT2D eigenvalue weighted by atomic mass is 16.4. The van der Waals surface area contributed by atoms with E-state index in [1.165, 1.54) is 5.56 Å². The monoisotopic (exact) mass is 324 g/mol. The zero-order chi connectivity index (χ0) is 16.7. The van der Waals surface area contributed by atoms with E-state index >= 15 is 0 Å². The maximum Gasteiger partial charge on any atom is 0.306 e. The predicted octanol–water partition coefficient (Wildman–Crippen LogP) is 3.09. The van der Waals surface area contributed by atoms with E-state index < -0.39 is 5.97 Å². The van der Waals surface area contributed by atoms with Crippen LogP contribution in [0.1, 0.15) is 37.2 Å². The van der Waals surface area contributed by atoms with Crippen LogP contribution in [0, 0.1) is 5.92 Å². The Labute approximate surface area is 139 Å². The number of aliphatic carboxylic acids is 1. The second kappa shape index (κ2) is 5.78. The van der Waals surface area contributed by atoms with Crippen molar-refractivity contribution < 1.29 is 9.90 Å². The summed E-state index contributed by atoms with van der Waals surface area (Å²) in [6.45, 7) is 0.